The summed E-state index contributed by atoms with van der Waals surface area (Å²) in [5.41, 5.74) is 1.23. The largest absolute Gasteiger partial charge is 0.489 e. The highest BCUT2D eigenvalue weighted by molar-refractivity contribution is 6.31. The number of amides is 1. The highest BCUT2D eigenvalue weighted by atomic mass is 35.5. The van der Waals surface area contributed by atoms with Crippen LogP contribution in [0.5, 0.6) is 5.75 Å². The Labute approximate surface area is 157 Å². The standard InChI is InChI=1S/C21H21ClFNO2/c22-19-6-3-7-20(23)18(19)14-26-17-11-8-15(9-12-17)10-13-21(25)24-16-4-1-2-5-16/h3,6-13,16H,1-2,4-5,14H2,(H,24,25)/b13-10+. The molecule has 2 aromatic rings. The van der Waals surface area contributed by atoms with Gasteiger partial charge in [-0.25, -0.2) is 4.39 Å². The van der Waals surface area contributed by atoms with Gasteiger partial charge >= 0.3 is 0 Å². The Kier molecular flexibility index (Phi) is 6.29. The first kappa shape index (κ1) is 18.5. The molecule has 26 heavy (non-hydrogen) atoms. The summed E-state index contributed by atoms with van der Waals surface area (Å²) in [6.07, 6.45) is 7.83. The second-order valence-corrected chi connectivity index (χ2v) is 6.79. The minimum Gasteiger partial charge on any atom is -0.489 e. The zero-order valence-electron chi connectivity index (χ0n) is 14.4. The molecule has 3 rings (SSSR count). The van der Waals surface area contributed by atoms with Crippen molar-refractivity contribution in [1.82, 2.24) is 5.32 Å². The molecule has 1 fully saturated rings. The molecule has 0 saturated heterocycles. The predicted molar refractivity (Wildman–Crippen MR) is 102 cm³/mol. The lowest BCUT2D eigenvalue weighted by molar-refractivity contribution is -0.117. The maximum Gasteiger partial charge on any atom is 0.244 e. The third kappa shape index (κ3) is 5.09. The molecular weight excluding hydrogens is 353 g/mol. The molecule has 0 aliphatic heterocycles. The molecule has 136 valence electrons. The van der Waals surface area contributed by atoms with Crippen molar-refractivity contribution in [3.05, 3.63) is 70.5 Å². The zero-order valence-corrected chi connectivity index (χ0v) is 15.1. The Balaban J connectivity index is 1.53. The van der Waals surface area contributed by atoms with Gasteiger partial charge in [0, 0.05) is 17.7 Å². The number of carbonyl (C=O) groups is 1. The first-order chi connectivity index (χ1) is 12.6. The van der Waals surface area contributed by atoms with Gasteiger partial charge in [0.1, 0.15) is 18.2 Å². The van der Waals surface area contributed by atoms with Crippen LogP contribution >= 0.6 is 11.6 Å². The fourth-order valence-electron chi connectivity index (χ4n) is 2.99. The van der Waals surface area contributed by atoms with E-state index in [0.717, 1.165) is 18.4 Å². The van der Waals surface area contributed by atoms with Gasteiger partial charge in [-0.1, -0.05) is 42.6 Å². The maximum atomic E-state index is 13.7. The van der Waals surface area contributed by atoms with Gasteiger partial charge in [-0.05, 0) is 48.7 Å². The molecular formula is C21H21ClFNO2. The molecule has 0 aromatic heterocycles. The van der Waals surface area contributed by atoms with Crippen LogP contribution < -0.4 is 10.1 Å². The molecule has 5 heteroatoms. The van der Waals surface area contributed by atoms with Crippen LogP contribution in [-0.4, -0.2) is 11.9 Å². The summed E-state index contributed by atoms with van der Waals surface area (Å²) in [6, 6.07) is 12.1. The number of hydrogen-bond acceptors (Lipinski definition) is 2. The van der Waals surface area contributed by atoms with E-state index in [0.29, 0.717) is 22.4 Å². The van der Waals surface area contributed by atoms with E-state index in [1.807, 2.05) is 12.1 Å². The van der Waals surface area contributed by atoms with E-state index >= 15 is 0 Å². The van der Waals surface area contributed by atoms with E-state index in [9.17, 15) is 9.18 Å². The first-order valence-corrected chi connectivity index (χ1v) is 9.14. The third-order valence-electron chi connectivity index (χ3n) is 4.45. The fourth-order valence-corrected chi connectivity index (χ4v) is 3.21. The lowest BCUT2D eigenvalue weighted by atomic mass is 10.2. The van der Waals surface area contributed by atoms with Crippen molar-refractivity contribution in [3.8, 4) is 5.75 Å². The second-order valence-electron chi connectivity index (χ2n) is 6.38. The summed E-state index contributed by atoms with van der Waals surface area (Å²) in [6.45, 7) is 0.0600. The van der Waals surface area contributed by atoms with Crippen LogP contribution in [-0.2, 0) is 11.4 Å². The Bertz CT molecular complexity index is 763. The molecule has 1 N–H and O–H groups in total. The Morgan fingerprint density at radius 1 is 1.19 bits per heavy atom. The molecule has 0 atom stereocenters. The second kappa shape index (κ2) is 8.86. The highest BCUT2D eigenvalue weighted by Gasteiger charge is 2.15. The summed E-state index contributed by atoms with van der Waals surface area (Å²) in [7, 11) is 0. The molecule has 1 aliphatic carbocycles. The van der Waals surface area contributed by atoms with E-state index in [1.54, 1.807) is 36.4 Å². The van der Waals surface area contributed by atoms with Gasteiger partial charge in [0.15, 0.2) is 0 Å². The molecule has 0 heterocycles. The Morgan fingerprint density at radius 3 is 2.62 bits per heavy atom. The molecule has 1 aliphatic rings. The number of rotatable bonds is 6. The summed E-state index contributed by atoms with van der Waals surface area (Å²) in [5, 5.41) is 3.36. The maximum absolute atomic E-state index is 13.7. The summed E-state index contributed by atoms with van der Waals surface area (Å²) >= 11 is 5.99. The van der Waals surface area contributed by atoms with Gasteiger partial charge < -0.3 is 10.1 Å². The average Bonchev–Trinajstić information content (AvgIpc) is 3.13. The van der Waals surface area contributed by atoms with Crippen molar-refractivity contribution in [1.29, 1.82) is 0 Å². The molecule has 3 nitrogen and oxygen atoms in total. The Morgan fingerprint density at radius 2 is 1.92 bits per heavy atom. The Hall–Kier alpha value is -2.33. The minimum atomic E-state index is -0.384. The van der Waals surface area contributed by atoms with Gasteiger partial charge in [-0.2, -0.15) is 0 Å². The van der Waals surface area contributed by atoms with Crippen LogP contribution in [0.3, 0.4) is 0 Å². The van der Waals surface area contributed by atoms with Crippen molar-refractivity contribution in [2.24, 2.45) is 0 Å². The van der Waals surface area contributed by atoms with Gasteiger partial charge in [-0.15, -0.1) is 0 Å². The number of benzene rings is 2. The highest BCUT2D eigenvalue weighted by Crippen LogP contribution is 2.22. The number of carbonyl (C=O) groups excluding carboxylic acids is 1. The normalized spacial score (nSPS) is 14.7. The number of hydrogen-bond donors (Lipinski definition) is 1. The van der Waals surface area contributed by atoms with Crippen molar-refractivity contribution in [2.45, 2.75) is 38.3 Å². The predicted octanol–water partition coefficient (Wildman–Crippen LogP) is 5.13. The van der Waals surface area contributed by atoms with E-state index < -0.39 is 0 Å². The van der Waals surface area contributed by atoms with Gasteiger partial charge in [0.05, 0.1) is 5.02 Å². The average molecular weight is 374 g/mol. The molecule has 1 amide bonds. The minimum absolute atomic E-state index is 0.0600. The van der Waals surface area contributed by atoms with Crippen LogP contribution in [0.1, 0.15) is 36.8 Å². The molecule has 2 aromatic carbocycles. The number of halogens is 2. The van der Waals surface area contributed by atoms with Crippen LogP contribution in [0.25, 0.3) is 6.08 Å². The fraction of sp³-hybridized carbons (Fsp3) is 0.286. The van der Waals surface area contributed by atoms with Crippen LogP contribution in [0.2, 0.25) is 5.02 Å². The lowest BCUT2D eigenvalue weighted by Gasteiger charge is -2.09. The topological polar surface area (TPSA) is 38.3 Å². The van der Waals surface area contributed by atoms with Crippen molar-refractivity contribution in [3.63, 3.8) is 0 Å². The van der Waals surface area contributed by atoms with E-state index in [-0.39, 0.29) is 18.3 Å². The van der Waals surface area contributed by atoms with E-state index in [1.165, 1.54) is 18.9 Å². The lowest BCUT2D eigenvalue weighted by Crippen LogP contribution is -2.30. The number of nitrogens with one attached hydrogen (secondary N) is 1. The van der Waals surface area contributed by atoms with Crippen molar-refractivity contribution < 1.29 is 13.9 Å². The number of ether oxygens (including phenoxy) is 1. The zero-order chi connectivity index (χ0) is 18.4. The van der Waals surface area contributed by atoms with Gasteiger partial charge in [0.25, 0.3) is 0 Å². The van der Waals surface area contributed by atoms with Crippen molar-refractivity contribution >= 4 is 23.6 Å². The van der Waals surface area contributed by atoms with Crippen LogP contribution in [0.15, 0.2) is 48.5 Å². The van der Waals surface area contributed by atoms with Gasteiger partial charge in [0.2, 0.25) is 5.91 Å². The SMILES string of the molecule is O=C(/C=C/c1ccc(OCc2c(F)cccc2Cl)cc1)NC1CCCC1. The van der Waals surface area contributed by atoms with E-state index in [4.69, 9.17) is 16.3 Å². The molecule has 0 bridgehead atoms. The molecule has 0 radical (unpaired) electrons. The van der Waals surface area contributed by atoms with Crippen LogP contribution in [0, 0.1) is 5.82 Å². The first-order valence-electron chi connectivity index (χ1n) is 8.76. The summed E-state index contributed by atoms with van der Waals surface area (Å²) in [4.78, 5) is 11.9. The summed E-state index contributed by atoms with van der Waals surface area (Å²) in [5.74, 6) is 0.161. The smallest absolute Gasteiger partial charge is 0.244 e. The van der Waals surface area contributed by atoms with Gasteiger partial charge in [-0.3, -0.25) is 4.79 Å². The van der Waals surface area contributed by atoms with Crippen LogP contribution in [0.4, 0.5) is 4.39 Å². The molecule has 0 unspecified atom stereocenters. The molecule has 1 saturated carbocycles. The van der Waals surface area contributed by atoms with E-state index in [2.05, 4.69) is 5.32 Å². The third-order valence-corrected chi connectivity index (χ3v) is 4.81. The molecule has 0 spiro atoms. The monoisotopic (exact) mass is 373 g/mol. The van der Waals surface area contributed by atoms with Crippen molar-refractivity contribution in [2.75, 3.05) is 0 Å². The summed E-state index contributed by atoms with van der Waals surface area (Å²) < 4.78 is 19.3. The quantitative estimate of drug-likeness (QED) is 0.713.